The number of anilines is 1. The molecule has 36 heavy (non-hydrogen) atoms. The number of amides is 2. The van der Waals surface area contributed by atoms with Crippen molar-refractivity contribution in [3.8, 4) is 11.3 Å². The van der Waals surface area contributed by atoms with Gasteiger partial charge in [-0.15, -0.1) is 0 Å². The van der Waals surface area contributed by atoms with Crippen LogP contribution in [0.15, 0.2) is 53.1 Å². The molecular weight excluding hydrogens is 456 g/mol. The Hall–Kier alpha value is -4.04. The largest absolute Gasteiger partial charge is 0.383 e. The predicted octanol–water partition coefficient (Wildman–Crippen LogP) is 4.85. The first-order valence-corrected chi connectivity index (χ1v) is 11.8. The molecule has 2 aromatic carbocycles. The van der Waals surface area contributed by atoms with Gasteiger partial charge in [0.25, 0.3) is 11.6 Å². The van der Waals surface area contributed by atoms with Crippen LogP contribution in [0.2, 0.25) is 0 Å². The van der Waals surface area contributed by atoms with E-state index in [1.54, 1.807) is 20.1 Å². The number of fused-ring (bicyclic) bond motifs is 1. The van der Waals surface area contributed by atoms with Crippen LogP contribution in [0.1, 0.15) is 32.7 Å². The zero-order valence-electron chi connectivity index (χ0n) is 21.2. The molecule has 0 saturated heterocycles. The average Bonchev–Trinajstić information content (AvgIpc) is 3.24. The third-order valence-corrected chi connectivity index (χ3v) is 6.26. The van der Waals surface area contributed by atoms with Gasteiger partial charge >= 0.3 is 0 Å². The van der Waals surface area contributed by atoms with E-state index >= 15 is 0 Å². The summed E-state index contributed by atoms with van der Waals surface area (Å²) in [6.07, 6.45) is 0. The topological polar surface area (TPSA) is 97.6 Å². The molecule has 0 bridgehead atoms. The van der Waals surface area contributed by atoms with Crippen LogP contribution in [0.4, 0.5) is 5.69 Å². The van der Waals surface area contributed by atoms with Crippen LogP contribution in [0.25, 0.3) is 22.4 Å². The number of aromatic nitrogens is 2. The number of ether oxygens (including phenoxy) is 1. The van der Waals surface area contributed by atoms with E-state index < -0.39 is 0 Å². The van der Waals surface area contributed by atoms with Crippen LogP contribution >= 0.6 is 0 Å². The monoisotopic (exact) mass is 486 g/mol. The van der Waals surface area contributed by atoms with Crippen molar-refractivity contribution in [2.75, 3.05) is 32.1 Å². The molecule has 1 N–H and O–H groups in total. The Morgan fingerprint density at radius 3 is 2.53 bits per heavy atom. The van der Waals surface area contributed by atoms with Crippen LogP contribution in [0.5, 0.6) is 0 Å². The molecule has 0 spiro atoms. The third-order valence-electron chi connectivity index (χ3n) is 6.26. The fourth-order valence-electron chi connectivity index (χ4n) is 4.01. The number of hydrogen-bond donors (Lipinski definition) is 1. The summed E-state index contributed by atoms with van der Waals surface area (Å²) in [5.74, 6) is -0.616. The van der Waals surface area contributed by atoms with E-state index in [1.807, 2.05) is 63.2 Å². The van der Waals surface area contributed by atoms with Gasteiger partial charge in [0.2, 0.25) is 5.91 Å². The number of pyridine rings is 1. The highest BCUT2D eigenvalue weighted by Crippen LogP contribution is 2.28. The van der Waals surface area contributed by atoms with Crippen molar-refractivity contribution < 1.29 is 18.8 Å². The van der Waals surface area contributed by atoms with Crippen molar-refractivity contribution in [1.82, 2.24) is 15.0 Å². The Morgan fingerprint density at radius 1 is 1.06 bits per heavy atom. The maximum atomic E-state index is 13.9. The molecule has 8 heteroatoms. The Balaban J connectivity index is 1.68. The minimum absolute atomic E-state index is 0.135. The van der Waals surface area contributed by atoms with Gasteiger partial charge in [-0.1, -0.05) is 47.1 Å². The van der Waals surface area contributed by atoms with Crippen LogP contribution in [-0.2, 0) is 9.53 Å². The van der Waals surface area contributed by atoms with Gasteiger partial charge in [-0.3, -0.25) is 9.59 Å². The zero-order valence-corrected chi connectivity index (χ0v) is 21.2. The van der Waals surface area contributed by atoms with E-state index in [0.717, 1.165) is 27.9 Å². The van der Waals surface area contributed by atoms with Gasteiger partial charge in [0.1, 0.15) is 6.54 Å². The van der Waals surface area contributed by atoms with E-state index in [-0.39, 0.29) is 37.2 Å². The van der Waals surface area contributed by atoms with E-state index in [0.29, 0.717) is 22.3 Å². The van der Waals surface area contributed by atoms with Crippen molar-refractivity contribution in [2.24, 2.45) is 0 Å². The summed E-state index contributed by atoms with van der Waals surface area (Å²) in [5.41, 5.74) is 6.56. The number of benzene rings is 2. The lowest BCUT2D eigenvalue weighted by atomic mass is 10.0. The lowest BCUT2D eigenvalue weighted by molar-refractivity contribution is -0.117. The molecule has 0 fully saturated rings. The summed E-state index contributed by atoms with van der Waals surface area (Å²) >= 11 is 0. The quantitative estimate of drug-likeness (QED) is 0.382. The predicted molar refractivity (Wildman–Crippen MR) is 139 cm³/mol. The molecule has 0 unspecified atom stereocenters. The number of carbonyl (C=O) groups is 2. The van der Waals surface area contributed by atoms with Crippen molar-refractivity contribution in [2.45, 2.75) is 27.7 Å². The molecule has 2 aromatic heterocycles. The Kier molecular flexibility index (Phi) is 7.45. The summed E-state index contributed by atoms with van der Waals surface area (Å²) < 4.78 is 10.7. The molecular formula is C28H30N4O4. The van der Waals surface area contributed by atoms with Gasteiger partial charge in [-0.2, -0.15) is 0 Å². The Morgan fingerprint density at radius 2 is 1.81 bits per heavy atom. The number of aryl methyl sites for hydroxylation is 3. The average molecular weight is 487 g/mol. The van der Waals surface area contributed by atoms with Gasteiger partial charge in [0.05, 0.1) is 28.9 Å². The van der Waals surface area contributed by atoms with Crippen molar-refractivity contribution in [3.63, 3.8) is 0 Å². The number of hydrogen-bond acceptors (Lipinski definition) is 6. The first-order valence-electron chi connectivity index (χ1n) is 11.8. The van der Waals surface area contributed by atoms with Gasteiger partial charge in [0, 0.05) is 24.9 Å². The highest BCUT2D eigenvalue weighted by Gasteiger charge is 2.25. The van der Waals surface area contributed by atoms with E-state index in [9.17, 15) is 9.59 Å². The summed E-state index contributed by atoms with van der Waals surface area (Å²) in [6, 6.07) is 15.3. The summed E-state index contributed by atoms with van der Waals surface area (Å²) in [6.45, 7) is 8.10. The molecule has 2 heterocycles. The molecule has 0 aliphatic carbocycles. The fourth-order valence-corrected chi connectivity index (χ4v) is 4.01. The lowest BCUT2D eigenvalue weighted by Crippen LogP contribution is -2.40. The van der Waals surface area contributed by atoms with Crippen LogP contribution < -0.4 is 5.32 Å². The van der Waals surface area contributed by atoms with Crippen LogP contribution in [0, 0.1) is 27.7 Å². The summed E-state index contributed by atoms with van der Waals surface area (Å²) in [5, 5.41) is 7.50. The first kappa shape index (κ1) is 25.1. The Labute approximate surface area is 210 Å². The molecule has 186 valence electrons. The third kappa shape index (κ3) is 5.28. The normalized spacial score (nSPS) is 11.0. The van der Waals surface area contributed by atoms with Gasteiger partial charge in [-0.05, 0) is 51.0 Å². The molecule has 2 amide bonds. The van der Waals surface area contributed by atoms with Crippen LogP contribution in [-0.4, -0.2) is 53.7 Å². The lowest BCUT2D eigenvalue weighted by Gasteiger charge is -2.23. The fraction of sp³-hybridized carbons (Fsp3) is 0.286. The smallest absolute Gasteiger partial charge is 0.259 e. The highest BCUT2D eigenvalue weighted by molar-refractivity contribution is 6.08. The standard InChI is InChI=1S/C28H30N4O4/c1-17-9-11-21(12-10-17)24-15-22(26-20(4)31-36-27(26)30-24)28(34)32(13-14-35-5)16-25(33)29-23-8-6-7-18(2)19(23)3/h6-12,15H,13-14,16H2,1-5H3,(H,29,33). The van der Waals surface area contributed by atoms with Crippen LogP contribution in [0.3, 0.4) is 0 Å². The molecule has 0 aliphatic rings. The number of methoxy groups -OCH3 is 1. The van der Waals surface area contributed by atoms with Gasteiger partial charge in [-0.25, -0.2) is 4.98 Å². The van der Waals surface area contributed by atoms with E-state index in [1.165, 1.54) is 4.90 Å². The SMILES string of the molecule is COCCN(CC(=O)Nc1cccc(C)c1C)C(=O)c1cc(-c2ccc(C)cc2)nc2onc(C)c12. The van der Waals surface area contributed by atoms with Crippen molar-refractivity contribution in [1.29, 1.82) is 0 Å². The molecule has 0 atom stereocenters. The maximum Gasteiger partial charge on any atom is 0.259 e. The van der Waals surface area contributed by atoms with Gasteiger partial charge in [0.15, 0.2) is 0 Å². The van der Waals surface area contributed by atoms with Gasteiger partial charge < -0.3 is 19.5 Å². The molecule has 4 rings (SSSR count). The second-order valence-electron chi connectivity index (χ2n) is 8.88. The number of rotatable bonds is 8. The van der Waals surface area contributed by atoms with E-state index in [4.69, 9.17) is 9.26 Å². The zero-order chi connectivity index (χ0) is 25.8. The second kappa shape index (κ2) is 10.7. The molecule has 0 saturated carbocycles. The minimum atomic E-state index is -0.324. The molecule has 8 nitrogen and oxygen atoms in total. The maximum absolute atomic E-state index is 13.9. The van der Waals surface area contributed by atoms with Crippen molar-refractivity contribution in [3.05, 3.63) is 76.5 Å². The number of carbonyl (C=O) groups excluding carboxylic acids is 2. The number of nitrogens with one attached hydrogen (secondary N) is 1. The second-order valence-corrected chi connectivity index (χ2v) is 8.88. The number of nitrogens with zero attached hydrogens (tertiary/aromatic N) is 3. The summed E-state index contributed by atoms with van der Waals surface area (Å²) in [4.78, 5) is 32.9. The highest BCUT2D eigenvalue weighted by atomic mass is 16.5. The minimum Gasteiger partial charge on any atom is -0.383 e. The first-order chi connectivity index (χ1) is 17.3. The van der Waals surface area contributed by atoms with E-state index in [2.05, 4.69) is 15.5 Å². The van der Waals surface area contributed by atoms with Crippen molar-refractivity contribution >= 4 is 28.6 Å². The summed E-state index contributed by atoms with van der Waals surface area (Å²) in [7, 11) is 1.56. The Bertz CT molecular complexity index is 1410. The molecule has 4 aromatic rings. The molecule has 0 radical (unpaired) electrons. The molecule has 0 aliphatic heterocycles.